The lowest BCUT2D eigenvalue weighted by Gasteiger charge is -2.49. The first kappa shape index (κ1) is 19.9. The van der Waals surface area contributed by atoms with Crippen LogP contribution in [0.1, 0.15) is 31.9 Å². The Labute approximate surface area is 165 Å². The Kier molecular flexibility index (Phi) is 5.73. The third kappa shape index (κ3) is 3.62. The summed E-state index contributed by atoms with van der Waals surface area (Å²) in [5.41, 5.74) is 1.06. The van der Waals surface area contributed by atoms with Gasteiger partial charge in [0.05, 0.1) is 0 Å². The SMILES string of the molecule is CCC(=O)O[C@@H](C(=O)N[C@@H]1C(=O)N2C(C(=O)O)=C(C)CS[C@H]12)c1ccccc1. The second-order valence-electron chi connectivity index (χ2n) is 6.46. The molecule has 0 unspecified atom stereocenters. The number of fused-ring (bicyclic) bond motifs is 1. The smallest absolute Gasteiger partial charge is 0.352 e. The van der Waals surface area contributed by atoms with E-state index in [1.54, 1.807) is 44.2 Å². The number of esters is 1. The first-order valence-corrected chi connectivity index (χ1v) is 9.82. The van der Waals surface area contributed by atoms with E-state index >= 15 is 0 Å². The van der Waals surface area contributed by atoms with Crippen molar-refractivity contribution in [3.63, 3.8) is 0 Å². The van der Waals surface area contributed by atoms with Crippen LogP contribution in [0.5, 0.6) is 0 Å². The third-order valence-electron chi connectivity index (χ3n) is 4.54. The molecule has 28 heavy (non-hydrogen) atoms. The average molecular weight is 404 g/mol. The maximum Gasteiger partial charge on any atom is 0.352 e. The minimum Gasteiger partial charge on any atom is -0.477 e. The van der Waals surface area contributed by atoms with E-state index in [1.165, 1.54) is 16.7 Å². The van der Waals surface area contributed by atoms with E-state index in [0.717, 1.165) is 0 Å². The fraction of sp³-hybridized carbons (Fsp3) is 0.368. The molecule has 1 aromatic rings. The highest BCUT2D eigenvalue weighted by Crippen LogP contribution is 2.40. The molecule has 1 saturated heterocycles. The maximum atomic E-state index is 12.8. The fourth-order valence-corrected chi connectivity index (χ4v) is 4.41. The molecule has 0 bridgehead atoms. The van der Waals surface area contributed by atoms with E-state index in [2.05, 4.69) is 5.32 Å². The molecule has 3 rings (SSSR count). The van der Waals surface area contributed by atoms with Crippen LogP contribution in [-0.2, 0) is 23.9 Å². The normalized spacial score (nSPS) is 22.1. The van der Waals surface area contributed by atoms with Crippen molar-refractivity contribution in [1.82, 2.24) is 10.2 Å². The highest BCUT2D eigenvalue weighted by molar-refractivity contribution is 8.00. The standard InChI is InChI=1S/C19H20N2O6S/c1-3-12(22)27-15(11-7-5-4-6-8-11)16(23)20-13-17(24)21-14(19(25)26)10(2)9-28-18(13)21/h4-8,13,15,18H,3,9H2,1-2H3,(H,20,23)(H,25,26)/t13-,15-,18-/m1/s1. The number of carbonyl (C=O) groups is 4. The number of ether oxygens (including phenoxy) is 1. The van der Waals surface area contributed by atoms with Gasteiger partial charge >= 0.3 is 11.9 Å². The van der Waals surface area contributed by atoms with Crippen LogP contribution in [0.15, 0.2) is 41.6 Å². The van der Waals surface area contributed by atoms with Crippen molar-refractivity contribution < 1.29 is 29.0 Å². The zero-order valence-corrected chi connectivity index (χ0v) is 16.2. The van der Waals surface area contributed by atoms with Crippen molar-refractivity contribution in [2.75, 3.05) is 5.75 Å². The van der Waals surface area contributed by atoms with Gasteiger partial charge in [-0.05, 0) is 12.5 Å². The van der Waals surface area contributed by atoms with Gasteiger partial charge in [-0.25, -0.2) is 4.79 Å². The van der Waals surface area contributed by atoms with Gasteiger partial charge in [0.15, 0.2) is 0 Å². The molecule has 3 atom stereocenters. The van der Waals surface area contributed by atoms with E-state index in [-0.39, 0.29) is 12.1 Å². The number of aliphatic carboxylic acids is 1. The lowest BCUT2D eigenvalue weighted by molar-refractivity contribution is -0.159. The van der Waals surface area contributed by atoms with Crippen molar-refractivity contribution in [3.8, 4) is 0 Å². The number of carbonyl (C=O) groups excluding carboxylic acids is 3. The van der Waals surface area contributed by atoms with Crippen molar-refractivity contribution in [2.24, 2.45) is 0 Å². The van der Waals surface area contributed by atoms with E-state index < -0.39 is 41.3 Å². The second-order valence-corrected chi connectivity index (χ2v) is 7.57. The van der Waals surface area contributed by atoms with E-state index in [4.69, 9.17) is 4.74 Å². The van der Waals surface area contributed by atoms with Crippen molar-refractivity contribution in [1.29, 1.82) is 0 Å². The summed E-state index contributed by atoms with van der Waals surface area (Å²) in [6, 6.07) is 7.66. The Balaban J connectivity index is 1.77. The predicted molar refractivity (Wildman–Crippen MR) is 101 cm³/mol. The Morgan fingerprint density at radius 3 is 2.61 bits per heavy atom. The number of benzene rings is 1. The molecule has 148 valence electrons. The summed E-state index contributed by atoms with van der Waals surface area (Å²) in [6.07, 6.45) is -1.07. The molecule has 0 saturated carbocycles. The van der Waals surface area contributed by atoms with Crippen molar-refractivity contribution >= 4 is 35.5 Å². The highest BCUT2D eigenvalue weighted by atomic mass is 32.2. The van der Waals surface area contributed by atoms with Gasteiger partial charge in [0.2, 0.25) is 6.10 Å². The molecular formula is C19H20N2O6S. The fourth-order valence-electron chi connectivity index (χ4n) is 3.12. The van der Waals surface area contributed by atoms with Gasteiger partial charge in [0.1, 0.15) is 17.1 Å². The molecule has 2 heterocycles. The number of thioether (sulfide) groups is 1. The topological polar surface area (TPSA) is 113 Å². The number of β-lactam (4-membered cyclic amide) rings is 1. The Hall–Kier alpha value is -2.81. The molecule has 1 aromatic carbocycles. The minimum absolute atomic E-state index is 0.0312. The van der Waals surface area contributed by atoms with Gasteiger partial charge in [-0.3, -0.25) is 19.3 Å². The summed E-state index contributed by atoms with van der Waals surface area (Å²) in [6.45, 7) is 3.29. The minimum atomic E-state index is -1.18. The summed E-state index contributed by atoms with van der Waals surface area (Å²) in [5, 5.41) is 11.5. The predicted octanol–water partition coefficient (Wildman–Crippen LogP) is 1.44. The maximum absolute atomic E-state index is 12.8. The number of rotatable bonds is 6. The molecule has 0 aromatic heterocycles. The monoisotopic (exact) mass is 404 g/mol. The number of amides is 2. The van der Waals surface area contributed by atoms with E-state index in [0.29, 0.717) is 16.9 Å². The van der Waals surface area contributed by atoms with Crippen molar-refractivity contribution in [2.45, 2.75) is 37.8 Å². The van der Waals surface area contributed by atoms with Gasteiger partial charge in [-0.15, -0.1) is 11.8 Å². The summed E-state index contributed by atoms with van der Waals surface area (Å²) in [4.78, 5) is 49.8. The van der Waals surface area contributed by atoms with Crippen LogP contribution in [0, 0.1) is 0 Å². The summed E-state index contributed by atoms with van der Waals surface area (Å²) < 4.78 is 5.28. The van der Waals surface area contributed by atoms with Gasteiger partial charge in [-0.2, -0.15) is 0 Å². The van der Waals surface area contributed by atoms with Crippen LogP contribution < -0.4 is 5.32 Å². The lowest BCUT2D eigenvalue weighted by Crippen LogP contribution is -2.70. The molecule has 2 aliphatic rings. The quantitative estimate of drug-likeness (QED) is 0.545. The number of carboxylic acid groups (broad SMARTS) is 1. The second kappa shape index (κ2) is 8.05. The molecule has 9 heteroatoms. The Morgan fingerprint density at radius 1 is 1.32 bits per heavy atom. The average Bonchev–Trinajstić information content (AvgIpc) is 2.69. The van der Waals surface area contributed by atoms with Crippen LogP contribution in [0.25, 0.3) is 0 Å². The third-order valence-corrected chi connectivity index (χ3v) is 5.96. The first-order valence-electron chi connectivity index (χ1n) is 8.77. The number of nitrogens with zero attached hydrogens (tertiary/aromatic N) is 1. The Morgan fingerprint density at radius 2 is 2.00 bits per heavy atom. The molecule has 0 spiro atoms. The largest absolute Gasteiger partial charge is 0.477 e. The van der Waals surface area contributed by atoms with E-state index in [1.807, 2.05) is 0 Å². The number of carboxylic acids is 1. The number of hydrogen-bond donors (Lipinski definition) is 2. The molecule has 2 N–H and O–H groups in total. The Bertz CT molecular complexity index is 853. The molecular weight excluding hydrogens is 384 g/mol. The molecule has 2 aliphatic heterocycles. The lowest BCUT2D eigenvalue weighted by atomic mass is 10.0. The zero-order chi connectivity index (χ0) is 20.4. The van der Waals surface area contributed by atoms with Crippen molar-refractivity contribution in [3.05, 3.63) is 47.2 Å². The number of nitrogens with one attached hydrogen (secondary N) is 1. The van der Waals surface area contributed by atoms with Crippen LogP contribution in [0.3, 0.4) is 0 Å². The molecule has 0 aliphatic carbocycles. The summed E-state index contributed by atoms with van der Waals surface area (Å²) >= 11 is 1.38. The van der Waals surface area contributed by atoms with Crippen LogP contribution in [0.2, 0.25) is 0 Å². The van der Waals surface area contributed by atoms with Crippen LogP contribution in [0.4, 0.5) is 0 Å². The number of hydrogen-bond acceptors (Lipinski definition) is 6. The van der Waals surface area contributed by atoms with Crippen LogP contribution >= 0.6 is 11.8 Å². The van der Waals surface area contributed by atoms with Gasteiger partial charge in [0, 0.05) is 17.7 Å². The molecule has 2 amide bonds. The van der Waals surface area contributed by atoms with Gasteiger partial charge in [-0.1, -0.05) is 37.3 Å². The molecule has 0 radical (unpaired) electrons. The summed E-state index contributed by atoms with van der Waals surface area (Å²) in [5.74, 6) is -2.36. The molecule has 1 fully saturated rings. The first-order chi connectivity index (χ1) is 13.3. The van der Waals surface area contributed by atoms with E-state index in [9.17, 15) is 24.3 Å². The van der Waals surface area contributed by atoms with Gasteiger partial charge in [0.25, 0.3) is 11.8 Å². The van der Waals surface area contributed by atoms with Gasteiger partial charge < -0.3 is 15.2 Å². The highest BCUT2D eigenvalue weighted by Gasteiger charge is 2.54. The summed E-state index contributed by atoms with van der Waals surface area (Å²) in [7, 11) is 0. The zero-order valence-electron chi connectivity index (χ0n) is 15.4. The molecule has 8 nitrogen and oxygen atoms in total. The van der Waals surface area contributed by atoms with Crippen LogP contribution in [-0.4, -0.2) is 50.9 Å².